The number of benzene rings is 2. The molecule has 204 valence electrons. The molecule has 2 aromatic rings. The number of nitrogens with zero attached hydrogens (tertiary/aromatic N) is 2. The molecule has 0 aromatic heterocycles. The molecule has 8 nitrogen and oxygen atoms in total. The minimum Gasteiger partial charge on any atom is -0.492 e. The summed E-state index contributed by atoms with van der Waals surface area (Å²) in [6.45, 7) is 9.38. The largest absolute Gasteiger partial charge is 0.492 e. The Morgan fingerprint density at radius 2 is 1.27 bits per heavy atom. The van der Waals surface area contributed by atoms with Crippen LogP contribution in [0.3, 0.4) is 0 Å². The van der Waals surface area contributed by atoms with Crippen molar-refractivity contribution >= 4 is 37.8 Å². The third kappa shape index (κ3) is 8.66. The normalized spacial score (nSPS) is 15.2. The molecule has 0 spiro atoms. The van der Waals surface area contributed by atoms with Crippen LogP contribution < -0.4 is 9.47 Å². The number of hydrogen-bond acceptors (Lipinski definition) is 7. The molecular formula is C27H36Br2N2O6. The van der Waals surface area contributed by atoms with E-state index in [0.29, 0.717) is 26.1 Å². The Bertz CT molecular complexity index is 970. The van der Waals surface area contributed by atoms with Gasteiger partial charge in [-0.3, -0.25) is 9.80 Å². The lowest BCUT2D eigenvalue weighted by Crippen LogP contribution is -2.36. The van der Waals surface area contributed by atoms with Crippen molar-refractivity contribution in [2.45, 2.75) is 38.3 Å². The first-order chi connectivity index (χ1) is 17.7. The summed E-state index contributed by atoms with van der Waals surface area (Å²) >= 11 is 7.18. The van der Waals surface area contributed by atoms with E-state index in [4.69, 9.17) is 24.8 Å². The Hall–Kier alpha value is -1.69. The van der Waals surface area contributed by atoms with Gasteiger partial charge in [-0.15, -0.1) is 0 Å². The summed E-state index contributed by atoms with van der Waals surface area (Å²) in [5.74, 6) is 0.851. The summed E-state index contributed by atoms with van der Waals surface area (Å²) in [6, 6.07) is 12.2. The van der Waals surface area contributed by atoms with Crippen molar-refractivity contribution in [2.24, 2.45) is 0 Å². The second-order valence-corrected chi connectivity index (χ2v) is 11.3. The summed E-state index contributed by atoms with van der Waals surface area (Å²) in [6.07, 6.45) is 0.918. The molecule has 2 aliphatic rings. The highest BCUT2D eigenvalue weighted by Gasteiger charge is 2.42. The summed E-state index contributed by atoms with van der Waals surface area (Å²) in [5.41, 5.74) is 2.10. The molecule has 37 heavy (non-hydrogen) atoms. The van der Waals surface area contributed by atoms with E-state index in [2.05, 4.69) is 70.0 Å². The smallest absolute Gasteiger partial charge is 0.336 e. The number of rotatable bonds is 13. The predicted molar refractivity (Wildman–Crippen MR) is 149 cm³/mol. The Kier molecular flexibility index (Phi) is 11.2. The van der Waals surface area contributed by atoms with Crippen LogP contribution in [0.25, 0.3) is 0 Å². The van der Waals surface area contributed by atoms with Gasteiger partial charge in [0.05, 0.1) is 22.2 Å². The van der Waals surface area contributed by atoms with E-state index in [1.54, 1.807) is 0 Å². The van der Waals surface area contributed by atoms with Crippen molar-refractivity contribution < 1.29 is 29.6 Å². The van der Waals surface area contributed by atoms with Gasteiger partial charge in [-0.05, 0) is 67.3 Å². The Morgan fingerprint density at radius 3 is 1.57 bits per heavy atom. The lowest BCUT2D eigenvalue weighted by Gasteiger charge is -2.27. The molecule has 4 rings (SSSR count). The Balaban J connectivity index is 0.000000313. The molecule has 0 unspecified atom stereocenters. The highest BCUT2D eigenvalue weighted by molar-refractivity contribution is 9.10. The van der Waals surface area contributed by atoms with Gasteiger partial charge >= 0.3 is 5.97 Å². The van der Waals surface area contributed by atoms with Gasteiger partial charge in [0.2, 0.25) is 0 Å². The fourth-order valence-corrected chi connectivity index (χ4v) is 4.81. The molecule has 10 heteroatoms. The zero-order chi connectivity index (χ0) is 27.0. The van der Waals surface area contributed by atoms with Gasteiger partial charge in [0.25, 0.3) is 0 Å². The maximum Gasteiger partial charge on any atom is 0.336 e. The van der Waals surface area contributed by atoms with Crippen LogP contribution in [0.5, 0.6) is 11.5 Å². The molecule has 0 radical (unpaired) electrons. The molecule has 3 N–H and O–H groups in total. The molecule has 2 aromatic carbocycles. The van der Waals surface area contributed by atoms with E-state index in [1.807, 2.05) is 21.9 Å². The van der Waals surface area contributed by atoms with Crippen molar-refractivity contribution in [1.82, 2.24) is 9.80 Å². The fourth-order valence-electron chi connectivity index (χ4n) is 3.82. The summed E-state index contributed by atoms with van der Waals surface area (Å²) in [7, 11) is 0. The molecule has 2 heterocycles. The average molecular weight is 644 g/mol. The zero-order valence-corrected chi connectivity index (χ0v) is 24.5. The third-order valence-corrected chi connectivity index (χ3v) is 7.54. The third-order valence-electron chi connectivity index (χ3n) is 6.30. The van der Waals surface area contributed by atoms with Crippen molar-refractivity contribution in [3.05, 3.63) is 56.5 Å². The number of ether oxygens (including phenoxy) is 2. The van der Waals surface area contributed by atoms with Gasteiger partial charge in [0, 0.05) is 57.6 Å². The van der Waals surface area contributed by atoms with Gasteiger partial charge < -0.3 is 24.8 Å². The topological polar surface area (TPSA) is 102 Å². The van der Waals surface area contributed by atoms with Crippen LogP contribution in [-0.4, -0.2) is 89.9 Å². The van der Waals surface area contributed by atoms with Crippen molar-refractivity contribution in [2.75, 3.05) is 52.6 Å². The van der Waals surface area contributed by atoms with E-state index in [-0.39, 0.29) is 24.8 Å². The lowest BCUT2D eigenvalue weighted by atomic mass is 9.78. The highest BCUT2D eigenvalue weighted by Crippen LogP contribution is 2.38. The molecule has 0 bridgehead atoms. The van der Waals surface area contributed by atoms with E-state index >= 15 is 0 Å². The van der Waals surface area contributed by atoms with Crippen LogP contribution in [0.2, 0.25) is 0 Å². The summed E-state index contributed by atoms with van der Waals surface area (Å²) < 4.78 is 13.2. The number of carboxylic acid groups (broad SMARTS) is 1. The Labute approximate surface area is 235 Å². The number of aliphatic hydroxyl groups excluding tert-OH is 2. The molecule has 0 amide bonds. The summed E-state index contributed by atoms with van der Waals surface area (Å²) in [4.78, 5) is 14.5. The number of aliphatic carboxylic acids is 1. The van der Waals surface area contributed by atoms with Crippen LogP contribution in [0, 0.1) is 0 Å². The molecule has 0 aliphatic carbocycles. The van der Waals surface area contributed by atoms with Crippen molar-refractivity contribution in [1.29, 1.82) is 0 Å². The van der Waals surface area contributed by atoms with Gasteiger partial charge in [-0.1, -0.05) is 26.0 Å². The van der Waals surface area contributed by atoms with Crippen LogP contribution in [-0.2, 0) is 10.2 Å². The van der Waals surface area contributed by atoms with Crippen LogP contribution >= 0.6 is 31.9 Å². The number of hydrogen-bond donors (Lipinski definition) is 3. The second-order valence-electron chi connectivity index (χ2n) is 9.55. The molecule has 2 saturated heterocycles. The van der Waals surface area contributed by atoms with Gasteiger partial charge in [0.1, 0.15) is 11.5 Å². The van der Waals surface area contributed by atoms with E-state index in [0.717, 1.165) is 57.8 Å². The maximum atomic E-state index is 10.6. The van der Waals surface area contributed by atoms with Crippen LogP contribution in [0.1, 0.15) is 37.8 Å². The van der Waals surface area contributed by atoms with Crippen LogP contribution in [0.4, 0.5) is 0 Å². The molecular weight excluding hydrogens is 608 g/mol. The predicted octanol–water partition coefficient (Wildman–Crippen LogP) is 4.09. The fraction of sp³-hybridized carbons (Fsp3) is 0.519. The number of carbonyl (C=O) groups is 1. The minimum absolute atomic E-state index is 0.122. The second kappa shape index (κ2) is 13.9. The first-order valence-electron chi connectivity index (χ1n) is 12.5. The maximum absolute atomic E-state index is 10.6. The SMILES string of the molecule is CC(C)(c1ccc(OCCCO)c(Br)c1)c1ccc(OCCCO)c(Br)c1.O=C(O)C(N1CC1)N1CC1. The minimum atomic E-state index is -0.699. The van der Waals surface area contributed by atoms with Crippen molar-refractivity contribution in [3.8, 4) is 11.5 Å². The zero-order valence-electron chi connectivity index (χ0n) is 21.3. The lowest BCUT2D eigenvalue weighted by molar-refractivity contribution is -0.144. The highest BCUT2D eigenvalue weighted by atomic mass is 79.9. The average Bonchev–Trinajstić information content (AvgIpc) is 3.78. The first-order valence-corrected chi connectivity index (χ1v) is 14.1. The quantitative estimate of drug-likeness (QED) is 0.222. The Morgan fingerprint density at radius 1 is 0.865 bits per heavy atom. The molecule has 0 atom stereocenters. The first kappa shape index (κ1) is 29.9. The van der Waals surface area contributed by atoms with Crippen LogP contribution in [0.15, 0.2) is 45.3 Å². The molecule has 0 saturated carbocycles. The summed E-state index contributed by atoms with van der Waals surface area (Å²) in [5, 5.41) is 26.5. The van der Waals surface area contributed by atoms with Crippen molar-refractivity contribution in [3.63, 3.8) is 0 Å². The molecule has 2 aliphatic heterocycles. The monoisotopic (exact) mass is 642 g/mol. The standard InChI is InChI=1S/C21H26Br2O4.C6H10N2O2/c1-21(2,15-5-7-19(17(22)13-15)26-11-3-9-24)16-6-8-20(18(23)14-16)27-12-4-10-25;9-6(10)5(7-1-2-7)8-3-4-8/h5-8,13-14,24-25H,3-4,9-12H2,1-2H3;5H,1-4H2,(H,9,10). The van der Waals surface area contributed by atoms with Gasteiger partial charge in [-0.25, -0.2) is 4.79 Å². The number of halogens is 2. The molecule has 2 fully saturated rings. The van der Waals surface area contributed by atoms with E-state index in [1.165, 1.54) is 0 Å². The van der Waals surface area contributed by atoms with Gasteiger partial charge in [-0.2, -0.15) is 0 Å². The number of carboxylic acids is 1. The van der Waals surface area contributed by atoms with E-state index < -0.39 is 5.97 Å². The van der Waals surface area contributed by atoms with Gasteiger partial charge in [0.15, 0.2) is 6.17 Å². The number of aliphatic hydroxyl groups is 2. The van der Waals surface area contributed by atoms with E-state index in [9.17, 15) is 4.79 Å².